The fraction of sp³-hybridized carbons (Fsp3) is 0.500. The van der Waals surface area contributed by atoms with E-state index >= 15 is 0 Å². The molecule has 6 heteroatoms. The van der Waals surface area contributed by atoms with Gasteiger partial charge in [0, 0.05) is 27.2 Å². The number of ether oxygens (including phenoxy) is 1. The molecule has 112 valence electrons. The Morgan fingerprint density at radius 3 is 2.55 bits per heavy atom. The number of anilines is 1. The van der Waals surface area contributed by atoms with Crippen LogP contribution in [0, 0.1) is 0 Å². The summed E-state index contributed by atoms with van der Waals surface area (Å²) in [5.41, 5.74) is 0.502. The quantitative estimate of drug-likeness (QED) is 0.770. The summed E-state index contributed by atoms with van der Waals surface area (Å²) in [6.45, 7) is 8.00. The summed E-state index contributed by atoms with van der Waals surface area (Å²) in [6, 6.07) is 5.98. The molecule has 4 nitrogen and oxygen atoms in total. The Morgan fingerprint density at radius 2 is 2.00 bits per heavy atom. The highest BCUT2D eigenvalue weighted by atomic mass is 79.9. The number of carbonyl (C=O) groups excluding carboxylic acids is 1. The van der Waals surface area contributed by atoms with Crippen molar-refractivity contribution in [3.63, 3.8) is 0 Å². The van der Waals surface area contributed by atoms with E-state index in [2.05, 4.69) is 42.5 Å². The maximum Gasteiger partial charge on any atom is 0.407 e. The van der Waals surface area contributed by atoms with E-state index in [1.165, 1.54) is 0 Å². The summed E-state index contributed by atoms with van der Waals surface area (Å²) in [5, 5.41) is 6.06. The summed E-state index contributed by atoms with van der Waals surface area (Å²) in [6.07, 6.45) is -0.402. The Labute approximate surface area is 136 Å². The zero-order valence-corrected chi connectivity index (χ0v) is 15.3. The molecule has 0 spiro atoms. The van der Waals surface area contributed by atoms with Crippen molar-refractivity contribution in [3.05, 3.63) is 27.1 Å². The molecule has 0 fully saturated rings. The maximum absolute atomic E-state index is 11.6. The standard InChI is InChI=1S/C14H20Br2N2O2/c1-9(8-17-13(19)20-14(2,3)4)18-12-6-5-10(15)7-11(12)16/h5-7,9,18H,8H2,1-4H3,(H,17,19). The molecule has 1 aromatic carbocycles. The molecule has 0 radical (unpaired) electrons. The largest absolute Gasteiger partial charge is 0.444 e. The molecule has 2 N–H and O–H groups in total. The lowest BCUT2D eigenvalue weighted by Gasteiger charge is -2.21. The van der Waals surface area contributed by atoms with Crippen molar-refractivity contribution in [2.24, 2.45) is 0 Å². The van der Waals surface area contributed by atoms with Crippen molar-refractivity contribution in [2.45, 2.75) is 39.3 Å². The third-order valence-corrected chi connectivity index (χ3v) is 3.43. The van der Waals surface area contributed by atoms with Crippen LogP contribution in [0.1, 0.15) is 27.7 Å². The van der Waals surface area contributed by atoms with Gasteiger partial charge in [0.1, 0.15) is 5.60 Å². The molecular formula is C14H20Br2N2O2. The van der Waals surface area contributed by atoms with Crippen molar-refractivity contribution in [1.29, 1.82) is 0 Å². The highest BCUT2D eigenvalue weighted by Gasteiger charge is 2.16. The number of hydrogen-bond acceptors (Lipinski definition) is 3. The van der Waals surface area contributed by atoms with Crippen molar-refractivity contribution in [2.75, 3.05) is 11.9 Å². The van der Waals surface area contributed by atoms with Gasteiger partial charge in [-0.2, -0.15) is 0 Å². The molecule has 0 heterocycles. The predicted octanol–water partition coefficient (Wildman–Crippen LogP) is 4.54. The predicted molar refractivity (Wildman–Crippen MR) is 89.2 cm³/mol. The lowest BCUT2D eigenvalue weighted by molar-refractivity contribution is 0.0526. The molecule has 1 atom stereocenters. The number of hydrogen-bond donors (Lipinski definition) is 2. The Hall–Kier alpha value is -0.750. The van der Waals surface area contributed by atoms with Gasteiger partial charge in [-0.3, -0.25) is 0 Å². The van der Waals surface area contributed by atoms with Gasteiger partial charge >= 0.3 is 6.09 Å². The van der Waals surface area contributed by atoms with Crippen molar-refractivity contribution in [1.82, 2.24) is 5.32 Å². The minimum Gasteiger partial charge on any atom is -0.444 e. The highest BCUT2D eigenvalue weighted by molar-refractivity contribution is 9.11. The lowest BCUT2D eigenvalue weighted by Crippen LogP contribution is -2.38. The molecular weight excluding hydrogens is 388 g/mol. The second-order valence-corrected chi connectivity index (χ2v) is 7.32. The molecule has 1 rings (SSSR count). The SMILES string of the molecule is CC(CNC(=O)OC(C)(C)C)Nc1ccc(Br)cc1Br. The Kier molecular flexibility index (Phi) is 6.33. The molecule has 1 unspecified atom stereocenters. The van der Waals surface area contributed by atoms with Crippen LogP contribution in [0.25, 0.3) is 0 Å². The molecule has 0 bridgehead atoms. The van der Waals surface area contributed by atoms with Gasteiger partial charge in [-0.05, 0) is 61.8 Å². The summed E-state index contributed by atoms with van der Waals surface area (Å²) in [4.78, 5) is 11.6. The van der Waals surface area contributed by atoms with Crippen molar-refractivity contribution in [3.8, 4) is 0 Å². The van der Waals surface area contributed by atoms with E-state index < -0.39 is 11.7 Å². The summed E-state index contributed by atoms with van der Waals surface area (Å²) < 4.78 is 7.16. The van der Waals surface area contributed by atoms with Gasteiger partial charge in [0.25, 0.3) is 0 Å². The molecule has 20 heavy (non-hydrogen) atoms. The Morgan fingerprint density at radius 1 is 1.35 bits per heavy atom. The molecule has 0 aliphatic rings. The fourth-order valence-corrected chi connectivity index (χ4v) is 2.64. The average molecular weight is 408 g/mol. The highest BCUT2D eigenvalue weighted by Crippen LogP contribution is 2.26. The number of nitrogens with one attached hydrogen (secondary N) is 2. The Balaban J connectivity index is 2.44. The van der Waals surface area contributed by atoms with Gasteiger partial charge in [0.05, 0.1) is 0 Å². The lowest BCUT2D eigenvalue weighted by atomic mass is 10.2. The molecule has 0 aromatic heterocycles. The summed E-state index contributed by atoms with van der Waals surface area (Å²) in [5.74, 6) is 0. The second kappa shape index (κ2) is 7.31. The van der Waals surface area contributed by atoms with E-state index in [9.17, 15) is 4.79 Å². The van der Waals surface area contributed by atoms with Gasteiger partial charge < -0.3 is 15.4 Å². The van der Waals surface area contributed by atoms with Crippen LogP contribution in [0.2, 0.25) is 0 Å². The van der Waals surface area contributed by atoms with Crippen LogP contribution >= 0.6 is 31.9 Å². The normalized spacial score (nSPS) is 12.7. The van der Waals surface area contributed by atoms with Crippen LogP contribution in [0.5, 0.6) is 0 Å². The maximum atomic E-state index is 11.6. The molecule has 0 aliphatic carbocycles. The number of alkyl carbamates (subject to hydrolysis) is 1. The van der Waals surface area contributed by atoms with Crippen LogP contribution in [0.4, 0.5) is 10.5 Å². The zero-order chi connectivity index (χ0) is 15.3. The summed E-state index contributed by atoms with van der Waals surface area (Å²) in [7, 11) is 0. The number of benzene rings is 1. The smallest absolute Gasteiger partial charge is 0.407 e. The first-order chi connectivity index (χ1) is 9.17. The fourth-order valence-electron chi connectivity index (χ4n) is 1.47. The number of halogens is 2. The molecule has 0 saturated heterocycles. The van der Waals surface area contributed by atoms with Crippen LogP contribution < -0.4 is 10.6 Å². The van der Waals surface area contributed by atoms with E-state index in [-0.39, 0.29) is 6.04 Å². The van der Waals surface area contributed by atoms with Crippen LogP contribution in [-0.2, 0) is 4.74 Å². The first-order valence-corrected chi connectivity index (χ1v) is 7.94. The van der Waals surface area contributed by atoms with E-state index in [1.54, 1.807) is 0 Å². The van der Waals surface area contributed by atoms with E-state index in [0.717, 1.165) is 14.6 Å². The molecule has 0 aliphatic heterocycles. The van der Waals surface area contributed by atoms with Crippen molar-refractivity contribution < 1.29 is 9.53 Å². The van der Waals surface area contributed by atoms with Crippen LogP contribution in [0.3, 0.4) is 0 Å². The van der Waals surface area contributed by atoms with Gasteiger partial charge in [-0.15, -0.1) is 0 Å². The third kappa shape index (κ3) is 6.61. The minimum atomic E-state index is -0.477. The zero-order valence-electron chi connectivity index (χ0n) is 12.1. The topological polar surface area (TPSA) is 50.4 Å². The van der Waals surface area contributed by atoms with E-state index in [0.29, 0.717) is 6.54 Å². The van der Waals surface area contributed by atoms with Crippen molar-refractivity contribution >= 4 is 43.6 Å². The molecule has 0 saturated carbocycles. The minimum absolute atomic E-state index is 0.0833. The first-order valence-electron chi connectivity index (χ1n) is 6.36. The Bertz CT molecular complexity index is 473. The number of amides is 1. The van der Waals surface area contributed by atoms with E-state index in [1.807, 2.05) is 45.9 Å². The number of rotatable bonds is 4. The van der Waals surface area contributed by atoms with Crippen LogP contribution in [-0.4, -0.2) is 24.3 Å². The summed E-state index contributed by atoms with van der Waals surface area (Å²) >= 11 is 6.90. The van der Waals surface area contributed by atoms with E-state index in [4.69, 9.17) is 4.74 Å². The second-order valence-electron chi connectivity index (χ2n) is 5.55. The van der Waals surface area contributed by atoms with Gasteiger partial charge in [-0.1, -0.05) is 15.9 Å². The molecule has 1 aromatic rings. The molecule has 1 amide bonds. The number of carbonyl (C=O) groups is 1. The first kappa shape index (κ1) is 17.3. The van der Waals surface area contributed by atoms with Crippen LogP contribution in [0.15, 0.2) is 27.1 Å². The average Bonchev–Trinajstić information content (AvgIpc) is 2.28. The monoisotopic (exact) mass is 406 g/mol. The van der Waals surface area contributed by atoms with Gasteiger partial charge in [-0.25, -0.2) is 4.79 Å². The van der Waals surface area contributed by atoms with Gasteiger partial charge in [0.2, 0.25) is 0 Å². The third-order valence-electron chi connectivity index (χ3n) is 2.28. The van der Waals surface area contributed by atoms with Gasteiger partial charge in [0.15, 0.2) is 0 Å².